The minimum absolute atomic E-state index is 0.394. The summed E-state index contributed by atoms with van der Waals surface area (Å²) in [5.74, 6) is -0.463. The van der Waals surface area contributed by atoms with Crippen molar-refractivity contribution in [1.82, 2.24) is 0 Å². The SMILES string of the molecule is Cc1cc(N(C(N)=O)C(=O)c2ccccc2)c(C)cc1N. The molecule has 5 nitrogen and oxygen atoms in total. The van der Waals surface area contributed by atoms with E-state index < -0.39 is 11.9 Å². The minimum Gasteiger partial charge on any atom is -0.399 e. The smallest absolute Gasteiger partial charge is 0.326 e. The summed E-state index contributed by atoms with van der Waals surface area (Å²) in [7, 11) is 0. The zero-order chi connectivity index (χ0) is 15.6. The van der Waals surface area contributed by atoms with Crippen LogP contribution in [-0.2, 0) is 0 Å². The van der Waals surface area contributed by atoms with Crippen molar-refractivity contribution < 1.29 is 9.59 Å². The second-order valence-electron chi connectivity index (χ2n) is 4.84. The van der Waals surface area contributed by atoms with Crippen LogP contribution in [-0.4, -0.2) is 11.9 Å². The van der Waals surface area contributed by atoms with Gasteiger partial charge < -0.3 is 11.5 Å². The van der Waals surface area contributed by atoms with Crippen LogP contribution < -0.4 is 16.4 Å². The van der Waals surface area contributed by atoms with Crippen molar-refractivity contribution in [3.63, 3.8) is 0 Å². The minimum atomic E-state index is -0.823. The highest BCUT2D eigenvalue weighted by molar-refractivity contribution is 6.20. The Morgan fingerprint density at radius 3 is 2.19 bits per heavy atom. The molecule has 0 aliphatic carbocycles. The van der Waals surface area contributed by atoms with Gasteiger partial charge in [-0.1, -0.05) is 18.2 Å². The molecule has 0 saturated heterocycles. The number of nitrogens with zero attached hydrogens (tertiary/aromatic N) is 1. The number of primary amides is 1. The van der Waals surface area contributed by atoms with Crippen LogP contribution in [0, 0.1) is 13.8 Å². The van der Waals surface area contributed by atoms with Crippen LogP contribution in [0.25, 0.3) is 0 Å². The normalized spacial score (nSPS) is 10.2. The average Bonchev–Trinajstić information content (AvgIpc) is 2.45. The van der Waals surface area contributed by atoms with Gasteiger partial charge in [-0.25, -0.2) is 9.69 Å². The maximum atomic E-state index is 12.5. The van der Waals surface area contributed by atoms with Crippen LogP contribution in [0.3, 0.4) is 0 Å². The topological polar surface area (TPSA) is 89.4 Å². The number of hydrogen-bond donors (Lipinski definition) is 2. The molecule has 0 heterocycles. The molecule has 2 rings (SSSR count). The second kappa shape index (κ2) is 5.66. The predicted molar refractivity (Wildman–Crippen MR) is 83.2 cm³/mol. The van der Waals surface area contributed by atoms with Crippen molar-refractivity contribution in [3.8, 4) is 0 Å². The van der Waals surface area contributed by atoms with Crippen LogP contribution in [0.15, 0.2) is 42.5 Å². The summed E-state index contributed by atoms with van der Waals surface area (Å²) in [6.07, 6.45) is 0. The Hall–Kier alpha value is -2.82. The molecule has 4 N–H and O–H groups in total. The molecule has 0 unspecified atom stereocenters. The predicted octanol–water partition coefficient (Wildman–Crippen LogP) is 2.61. The van der Waals surface area contributed by atoms with Crippen LogP contribution in [0.1, 0.15) is 21.5 Å². The van der Waals surface area contributed by atoms with E-state index in [0.717, 1.165) is 10.5 Å². The Labute approximate surface area is 123 Å². The molecule has 108 valence electrons. The molecule has 0 atom stereocenters. The number of urea groups is 1. The fourth-order valence-electron chi connectivity index (χ4n) is 2.10. The molecule has 5 heteroatoms. The van der Waals surface area contributed by atoms with Gasteiger partial charge in [-0.2, -0.15) is 0 Å². The Balaban J connectivity index is 2.53. The van der Waals surface area contributed by atoms with Gasteiger partial charge in [-0.15, -0.1) is 0 Å². The van der Waals surface area contributed by atoms with Crippen LogP contribution >= 0.6 is 0 Å². The average molecular weight is 283 g/mol. The molecule has 0 spiro atoms. The van der Waals surface area contributed by atoms with Gasteiger partial charge in [-0.05, 0) is 49.2 Å². The Kier molecular flexibility index (Phi) is 3.93. The van der Waals surface area contributed by atoms with Crippen molar-refractivity contribution in [2.75, 3.05) is 10.6 Å². The molecule has 0 fully saturated rings. The van der Waals surface area contributed by atoms with Gasteiger partial charge in [0, 0.05) is 11.3 Å². The van der Waals surface area contributed by atoms with E-state index in [1.165, 1.54) is 0 Å². The van der Waals surface area contributed by atoms with Crippen molar-refractivity contribution in [1.29, 1.82) is 0 Å². The summed E-state index contributed by atoms with van der Waals surface area (Å²) in [6.45, 7) is 3.59. The standard InChI is InChI=1S/C16H17N3O2/c1-10-9-14(11(2)8-13(10)17)19(16(18)21)15(20)12-6-4-3-5-7-12/h3-9H,17H2,1-2H3,(H2,18,21). The number of carbonyl (C=O) groups is 2. The van der Waals surface area contributed by atoms with E-state index in [-0.39, 0.29) is 0 Å². The van der Waals surface area contributed by atoms with Gasteiger partial charge in [0.05, 0.1) is 5.69 Å². The lowest BCUT2D eigenvalue weighted by atomic mass is 10.1. The monoisotopic (exact) mass is 283 g/mol. The van der Waals surface area contributed by atoms with Gasteiger partial charge in [0.1, 0.15) is 0 Å². The molecule has 0 saturated carbocycles. The van der Waals surface area contributed by atoms with E-state index in [9.17, 15) is 9.59 Å². The summed E-state index contributed by atoms with van der Waals surface area (Å²) in [6, 6.07) is 11.1. The first-order valence-corrected chi connectivity index (χ1v) is 6.47. The van der Waals surface area contributed by atoms with Crippen LogP contribution in [0.2, 0.25) is 0 Å². The van der Waals surface area contributed by atoms with E-state index >= 15 is 0 Å². The molecule has 0 bridgehead atoms. The number of rotatable bonds is 2. The van der Waals surface area contributed by atoms with E-state index in [0.29, 0.717) is 22.5 Å². The maximum Gasteiger partial charge on any atom is 0.326 e. The number of carbonyl (C=O) groups excluding carboxylic acids is 2. The molecule has 0 radical (unpaired) electrons. The van der Waals surface area contributed by atoms with Gasteiger partial charge in [0.2, 0.25) is 0 Å². The van der Waals surface area contributed by atoms with E-state index in [1.54, 1.807) is 49.4 Å². The zero-order valence-electron chi connectivity index (χ0n) is 12.0. The van der Waals surface area contributed by atoms with Crippen molar-refractivity contribution >= 4 is 23.3 Å². The fourth-order valence-corrected chi connectivity index (χ4v) is 2.10. The molecule has 0 aliphatic heterocycles. The molecule has 2 aromatic rings. The quantitative estimate of drug-likeness (QED) is 0.830. The first-order valence-electron chi connectivity index (χ1n) is 6.47. The largest absolute Gasteiger partial charge is 0.399 e. The van der Waals surface area contributed by atoms with Crippen molar-refractivity contribution in [2.45, 2.75) is 13.8 Å². The highest BCUT2D eigenvalue weighted by atomic mass is 16.2. The lowest BCUT2D eigenvalue weighted by molar-refractivity contribution is 0.0995. The summed E-state index contributed by atoms with van der Waals surface area (Å²) >= 11 is 0. The number of nitrogen functional groups attached to an aromatic ring is 1. The molecular weight excluding hydrogens is 266 g/mol. The lowest BCUT2D eigenvalue weighted by Gasteiger charge is -2.21. The van der Waals surface area contributed by atoms with Crippen LogP contribution in [0.4, 0.5) is 16.2 Å². The number of aryl methyl sites for hydroxylation is 2. The number of amides is 3. The molecule has 3 amide bonds. The third-order valence-corrected chi connectivity index (χ3v) is 3.27. The molecule has 2 aromatic carbocycles. The summed E-state index contributed by atoms with van der Waals surface area (Å²) in [5, 5.41) is 0. The number of benzene rings is 2. The van der Waals surface area contributed by atoms with E-state index in [2.05, 4.69) is 0 Å². The first kappa shape index (κ1) is 14.6. The third-order valence-electron chi connectivity index (χ3n) is 3.27. The third kappa shape index (κ3) is 2.86. The lowest BCUT2D eigenvalue weighted by Crippen LogP contribution is -2.41. The van der Waals surface area contributed by atoms with Crippen molar-refractivity contribution in [2.24, 2.45) is 5.73 Å². The number of imide groups is 1. The van der Waals surface area contributed by atoms with Crippen LogP contribution in [0.5, 0.6) is 0 Å². The summed E-state index contributed by atoms with van der Waals surface area (Å²) < 4.78 is 0. The fraction of sp³-hybridized carbons (Fsp3) is 0.125. The molecular formula is C16H17N3O2. The highest BCUT2D eigenvalue weighted by Gasteiger charge is 2.24. The van der Waals surface area contributed by atoms with E-state index in [1.807, 2.05) is 6.92 Å². The zero-order valence-corrected chi connectivity index (χ0v) is 12.0. The first-order chi connectivity index (χ1) is 9.91. The molecule has 0 aliphatic rings. The molecule has 0 aromatic heterocycles. The Bertz CT molecular complexity index is 696. The second-order valence-corrected chi connectivity index (χ2v) is 4.84. The number of anilines is 2. The molecule has 21 heavy (non-hydrogen) atoms. The summed E-state index contributed by atoms with van der Waals surface area (Å²) in [4.78, 5) is 25.3. The van der Waals surface area contributed by atoms with Crippen molar-refractivity contribution in [3.05, 3.63) is 59.2 Å². The van der Waals surface area contributed by atoms with Gasteiger partial charge in [-0.3, -0.25) is 4.79 Å². The van der Waals surface area contributed by atoms with E-state index in [4.69, 9.17) is 11.5 Å². The van der Waals surface area contributed by atoms with Gasteiger partial charge in [0.15, 0.2) is 0 Å². The Morgan fingerprint density at radius 2 is 1.62 bits per heavy atom. The number of hydrogen-bond acceptors (Lipinski definition) is 3. The van der Waals surface area contributed by atoms with Gasteiger partial charge >= 0.3 is 6.03 Å². The maximum absolute atomic E-state index is 12.5. The Morgan fingerprint density at radius 1 is 1.00 bits per heavy atom. The van der Waals surface area contributed by atoms with Gasteiger partial charge in [0.25, 0.3) is 5.91 Å². The highest BCUT2D eigenvalue weighted by Crippen LogP contribution is 2.27. The number of nitrogens with two attached hydrogens (primary N) is 2. The summed E-state index contributed by atoms with van der Waals surface area (Å²) in [5.41, 5.74) is 14.2.